The molecule has 3 aromatic rings. The van der Waals surface area contributed by atoms with Crippen LogP contribution in [0, 0.1) is 6.92 Å². The fraction of sp³-hybridized carbons (Fsp3) is 0.370. The summed E-state index contributed by atoms with van der Waals surface area (Å²) in [5.74, 6) is -0.696. The molecule has 1 amide bonds. The van der Waals surface area contributed by atoms with Crippen molar-refractivity contribution in [2.75, 3.05) is 49.6 Å². The Balaban J connectivity index is 1.47. The van der Waals surface area contributed by atoms with Crippen LogP contribution in [-0.4, -0.2) is 60.6 Å². The predicted octanol–water partition coefficient (Wildman–Crippen LogP) is 4.03. The smallest absolute Gasteiger partial charge is 0.318 e. The molecular formula is C27H30FN5O2. The fourth-order valence-corrected chi connectivity index (χ4v) is 5.21. The van der Waals surface area contributed by atoms with E-state index in [2.05, 4.69) is 59.7 Å². The summed E-state index contributed by atoms with van der Waals surface area (Å²) in [5, 5.41) is 2.51. The average molecular weight is 476 g/mol. The fourth-order valence-electron chi connectivity index (χ4n) is 5.21. The summed E-state index contributed by atoms with van der Waals surface area (Å²) in [6.07, 6.45) is 1.83. The minimum Gasteiger partial charge on any atom is -0.467 e. The Morgan fingerprint density at radius 3 is 2.49 bits per heavy atom. The Hall–Kier alpha value is -3.68. The summed E-state index contributed by atoms with van der Waals surface area (Å²) in [6.45, 7) is 8.84. The number of hydrogen-bond donors (Lipinski definition) is 0. The maximum Gasteiger partial charge on any atom is 0.318 e. The van der Waals surface area contributed by atoms with E-state index in [1.807, 2.05) is 0 Å². The molecule has 182 valence electrons. The third-order valence-corrected chi connectivity index (χ3v) is 6.96. The maximum atomic E-state index is 13.3. The number of piperazine rings is 1. The van der Waals surface area contributed by atoms with Gasteiger partial charge in [0.05, 0.1) is 19.3 Å². The van der Waals surface area contributed by atoms with Gasteiger partial charge in [-0.2, -0.15) is 9.97 Å². The molecular weight excluding hydrogens is 445 g/mol. The molecule has 0 N–H and O–H groups in total. The van der Waals surface area contributed by atoms with Crippen molar-refractivity contribution >= 4 is 28.2 Å². The largest absolute Gasteiger partial charge is 0.467 e. The third-order valence-electron chi connectivity index (χ3n) is 6.96. The molecule has 0 atom stereocenters. The first-order chi connectivity index (χ1) is 17.0. The number of anilines is 2. The lowest BCUT2D eigenvalue weighted by molar-refractivity contribution is -0.128. The van der Waals surface area contributed by atoms with Gasteiger partial charge in [0.15, 0.2) is 5.83 Å². The normalized spacial score (nSPS) is 16.1. The van der Waals surface area contributed by atoms with Gasteiger partial charge < -0.3 is 19.4 Å². The van der Waals surface area contributed by atoms with Crippen LogP contribution in [0.25, 0.3) is 10.8 Å². The molecule has 1 saturated heterocycles. The highest BCUT2D eigenvalue weighted by atomic mass is 19.1. The number of benzene rings is 2. The van der Waals surface area contributed by atoms with Crippen molar-refractivity contribution in [3.63, 3.8) is 0 Å². The van der Waals surface area contributed by atoms with Crippen molar-refractivity contribution in [2.24, 2.45) is 0 Å². The van der Waals surface area contributed by atoms with Crippen LogP contribution >= 0.6 is 0 Å². The minimum absolute atomic E-state index is 0.338. The summed E-state index contributed by atoms with van der Waals surface area (Å²) < 4.78 is 18.8. The van der Waals surface area contributed by atoms with E-state index < -0.39 is 11.7 Å². The van der Waals surface area contributed by atoms with Crippen LogP contribution in [0.4, 0.5) is 15.9 Å². The van der Waals surface area contributed by atoms with Gasteiger partial charge in [0, 0.05) is 49.4 Å². The van der Waals surface area contributed by atoms with Crippen LogP contribution in [0.2, 0.25) is 0 Å². The molecule has 2 aliphatic rings. The molecule has 0 unspecified atom stereocenters. The number of hydrogen-bond acceptors (Lipinski definition) is 6. The van der Waals surface area contributed by atoms with E-state index in [1.54, 1.807) is 7.11 Å². The van der Waals surface area contributed by atoms with Crippen molar-refractivity contribution in [3.05, 3.63) is 65.6 Å². The zero-order chi connectivity index (χ0) is 24.5. The van der Waals surface area contributed by atoms with Gasteiger partial charge in [-0.15, -0.1) is 0 Å². The van der Waals surface area contributed by atoms with Crippen molar-refractivity contribution in [1.82, 2.24) is 14.9 Å². The number of amides is 1. The molecule has 0 radical (unpaired) electrons. The minimum atomic E-state index is -0.917. The lowest BCUT2D eigenvalue weighted by Crippen LogP contribution is -2.49. The average Bonchev–Trinajstić information content (AvgIpc) is 3.10. The molecule has 0 aliphatic carbocycles. The first-order valence-corrected chi connectivity index (χ1v) is 12.0. The summed E-state index contributed by atoms with van der Waals surface area (Å²) in [5.41, 5.74) is 4.56. The highest BCUT2D eigenvalue weighted by molar-refractivity contribution is 5.97. The second kappa shape index (κ2) is 9.52. The van der Waals surface area contributed by atoms with Gasteiger partial charge >= 0.3 is 6.01 Å². The van der Waals surface area contributed by atoms with Gasteiger partial charge in [-0.25, -0.2) is 4.39 Å². The number of aryl methyl sites for hydroxylation is 1. The zero-order valence-electron chi connectivity index (χ0n) is 20.3. The van der Waals surface area contributed by atoms with E-state index in [0.29, 0.717) is 38.7 Å². The molecule has 1 aromatic heterocycles. The number of fused-ring (bicyclic) bond motifs is 2. The number of carbonyl (C=O) groups is 1. The molecule has 1 fully saturated rings. The highest BCUT2D eigenvalue weighted by Crippen LogP contribution is 2.35. The zero-order valence-corrected chi connectivity index (χ0v) is 20.3. The van der Waals surface area contributed by atoms with E-state index in [0.717, 1.165) is 36.5 Å². The number of halogens is 1. The Kier molecular flexibility index (Phi) is 6.28. The molecule has 35 heavy (non-hydrogen) atoms. The van der Waals surface area contributed by atoms with Gasteiger partial charge in [0.25, 0.3) is 5.91 Å². The summed E-state index contributed by atoms with van der Waals surface area (Å²) >= 11 is 0. The van der Waals surface area contributed by atoms with Crippen LogP contribution in [0.15, 0.2) is 48.8 Å². The molecule has 0 spiro atoms. The van der Waals surface area contributed by atoms with E-state index in [9.17, 15) is 9.18 Å². The number of carbonyl (C=O) groups excluding carboxylic acids is 1. The highest BCUT2D eigenvalue weighted by Gasteiger charge is 2.28. The Morgan fingerprint density at radius 1 is 1.03 bits per heavy atom. The SMILES string of the molecule is C=C(F)C(=O)N1CCN(c2nc(OC)nc3c2CCCN(c2cccc4cccc(C)c24)C3)CC1. The van der Waals surface area contributed by atoms with Crippen LogP contribution in [0.5, 0.6) is 6.01 Å². The number of methoxy groups -OCH3 is 1. The van der Waals surface area contributed by atoms with Gasteiger partial charge in [-0.05, 0) is 36.8 Å². The molecule has 8 heteroatoms. The predicted molar refractivity (Wildman–Crippen MR) is 136 cm³/mol. The van der Waals surface area contributed by atoms with Crippen LogP contribution in [0.1, 0.15) is 23.2 Å². The molecule has 0 saturated carbocycles. The molecule has 3 heterocycles. The van der Waals surface area contributed by atoms with Crippen LogP contribution in [0.3, 0.4) is 0 Å². The molecule has 5 rings (SSSR count). The standard InChI is InChI=1S/C27H30FN5O2/c1-18-7-4-8-20-9-5-11-23(24(18)20)33-12-6-10-21-22(17-33)29-27(35-3)30-25(21)31-13-15-32(16-14-31)26(34)19(2)28/h4-5,7-9,11H,2,6,10,12-17H2,1,3H3. The lowest BCUT2D eigenvalue weighted by Gasteiger charge is -2.36. The van der Waals surface area contributed by atoms with E-state index >= 15 is 0 Å². The molecule has 2 aromatic carbocycles. The van der Waals surface area contributed by atoms with Crippen molar-refractivity contribution < 1.29 is 13.9 Å². The first-order valence-electron chi connectivity index (χ1n) is 12.0. The van der Waals surface area contributed by atoms with Crippen LogP contribution < -0.4 is 14.5 Å². The second-order valence-corrected chi connectivity index (χ2v) is 9.12. The topological polar surface area (TPSA) is 61.8 Å². The van der Waals surface area contributed by atoms with Gasteiger partial charge in [-0.3, -0.25) is 4.79 Å². The molecule has 0 bridgehead atoms. The maximum absolute atomic E-state index is 13.3. The Bertz CT molecular complexity index is 1280. The van der Waals surface area contributed by atoms with E-state index in [1.165, 1.54) is 26.9 Å². The van der Waals surface area contributed by atoms with Gasteiger partial charge in [-0.1, -0.05) is 36.9 Å². The third kappa shape index (κ3) is 4.40. The summed E-state index contributed by atoms with van der Waals surface area (Å²) in [6, 6.07) is 13.2. The van der Waals surface area contributed by atoms with Gasteiger partial charge in [0.1, 0.15) is 5.82 Å². The second-order valence-electron chi connectivity index (χ2n) is 9.12. The first kappa shape index (κ1) is 23.1. The Morgan fingerprint density at radius 2 is 1.77 bits per heavy atom. The van der Waals surface area contributed by atoms with Crippen molar-refractivity contribution in [1.29, 1.82) is 0 Å². The van der Waals surface area contributed by atoms with Gasteiger partial charge in [0.2, 0.25) is 0 Å². The molecule has 7 nitrogen and oxygen atoms in total. The summed E-state index contributed by atoms with van der Waals surface area (Å²) in [4.78, 5) is 27.5. The summed E-state index contributed by atoms with van der Waals surface area (Å²) in [7, 11) is 1.58. The van der Waals surface area contributed by atoms with Crippen LogP contribution in [-0.2, 0) is 17.8 Å². The van der Waals surface area contributed by atoms with E-state index in [4.69, 9.17) is 14.7 Å². The number of ether oxygens (including phenoxy) is 1. The molecule has 2 aliphatic heterocycles. The lowest BCUT2D eigenvalue weighted by atomic mass is 10.0. The van der Waals surface area contributed by atoms with Crippen molar-refractivity contribution in [3.8, 4) is 6.01 Å². The monoisotopic (exact) mass is 475 g/mol. The Labute approximate surface area is 204 Å². The number of nitrogens with zero attached hydrogens (tertiary/aromatic N) is 5. The van der Waals surface area contributed by atoms with E-state index in [-0.39, 0.29) is 0 Å². The number of aromatic nitrogens is 2. The quantitative estimate of drug-likeness (QED) is 0.531. The number of rotatable bonds is 4. The van der Waals surface area contributed by atoms with Crippen molar-refractivity contribution in [2.45, 2.75) is 26.3 Å².